The highest BCUT2D eigenvalue weighted by Crippen LogP contribution is 2.41. The van der Waals surface area contributed by atoms with E-state index < -0.39 is 10.0 Å². The number of methoxy groups -OCH3 is 1. The van der Waals surface area contributed by atoms with Crippen molar-refractivity contribution in [2.45, 2.75) is 0 Å². The van der Waals surface area contributed by atoms with Crippen molar-refractivity contribution in [3.05, 3.63) is 70.7 Å². The molecule has 1 aromatic heterocycles. The van der Waals surface area contributed by atoms with Gasteiger partial charge in [0.1, 0.15) is 5.75 Å². The van der Waals surface area contributed by atoms with Crippen LogP contribution in [0.3, 0.4) is 0 Å². The fraction of sp³-hybridized carbons (Fsp3) is 0.0909. The summed E-state index contributed by atoms with van der Waals surface area (Å²) in [4.78, 5) is 0. The molecule has 5 nitrogen and oxygen atoms in total. The largest absolute Gasteiger partial charge is 0.495 e. The van der Waals surface area contributed by atoms with Crippen LogP contribution in [0.2, 0.25) is 0 Å². The Balaban J connectivity index is 1.83. The Morgan fingerprint density at radius 2 is 1.62 bits per heavy atom. The highest BCUT2D eigenvalue weighted by Gasteiger charge is 2.16. The zero-order chi connectivity index (χ0) is 20.6. The average Bonchev–Trinajstić information content (AvgIpc) is 3.20. The molecule has 0 spiro atoms. The van der Waals surface area contributed by atoms with Gasteiger partial charge in [-0.05, 0) is 75.3 Å². The number of hydrogen-bond donors (Lipinski definition) is 1. The van der Waals surface area contributed by atoms with E-state index in [2.05, 4.69) is 45.5 Å². The second kappa shape index (κ2) is 7.72. The molecule has 3 aromatic carbocycles. The number of sulfonamides is 1. The highest BCUT2D eigenvalue weighted by molar-refractivity contribution is 14.1. The quantitative estimate of drug-likeness (QED) is 0.341. The normalized spacial score (nSPS) is 11.6. The van der Waals surface area contributed by atoms with Gasteiger partial charge in [0.15, 0.2) is 0 Å². The molecule has 7 heteroatoms. The summed E-state index contributed by atoms with van der Waals surface area (Å²) in [5, 5.41) is 1.95. The molecule has 0 fully saturated rings. The summed E-state index contributed by atoms with van der Waals surface area (Å²) in [7, 11) is -1.65. The number of rotatable bonds is 5. The summed E-state index contributed by atoms with van der Waals surface area (Å²) in [5.41, 5.74) is 4.47. The number of fused-ring (bicyclic) bond motifs is 1. The standard InChI is InChI=1S/C22H18INO4S/c1-27-22-20(11-18(23)12-21(22)17-7-8-28-13-17)16-4-3-15-10-19(24-29(2,25)26)6-5-14(15)9-16/h3-13,24H,1-2H3. The topological polar surface area (TPSA) is 68.5 Å². The van der Waals surface area contributed by atoms with Crippen LogP contribution in [-0.2, 0) is 10.0 Å². The van der Waals surface area contributed by atoms with E-state index in [4.69, 9.17) is 9.15 Å². The van der Waals surface area contributed by atoms with Crippen molar-refractivity contribution < 1.29 is 17.6 Å². The van der Waals surface area contributed by atoms with Crippen LogP contribution >= 0.6 is 22.6 Å². The van der Waals surface area contributed by atoms with Gasteiger partial charge in [0, 0.05) is 25.9 Å². The van der Waals surface area contributed by atoms with Crippen LogP contribution in [0, 0.1) is 3.57 Å². The number of halogens is 1. The molecule has 1 N–H and O–H groups in total. The SMILES string of the molecule is COc1c(-c2ccoc2)cc(I)cc1-c1ccc2cc(NS(C)(=O)=O)ccc2c1. The number of hydrogen-bond acceptors (Lipinski definition) is 4. The van der Waals surface area contributed by atoms with Crippen LogP contribution in [-0.4, -0.2) is 21.8 Å². The van der Waals surface area contributed by atoms with Gasteiger partial charge in [0.25, 0.3) is 0 Å². The lowest BCUT2D eigenvalue weighted by Gasteiger charge is -2.15. The summed E-state index contributed by atoms with van der Waals surface area (Å²) in [5.74, 6) is 0.779. The summed E-state index contributed by atoms with van der Waals surface area (Å²) < 4.78 is 37.6. The minimum atomic E-state index is -3.31. The highest BCUT2D eigenvalue weighted by atomic mass is 127. The first-order valence-electron chi connectivity index (χ1n) is 8.76. The third kappa shape index (κ3) is 4.25. The van der Waals surface area contributed by atoms with Gasteiger partial charge >= 0.3 is 0 Å². The van der Waals surface area contributed by atoms with E-state index in [0.717, 1.165) is 48.6 Å². The van der Waals surface area contributed by atoms with Crippen molar-refractivity contribution in [2.24, 2.45) is 0 Å². The maximum Gasteiger partial charge on any atom is 0.229 e. The molecule has 0 amide bonds. The number of ether oxygens (including phenoxy) is 1. The van der Waals surface area contributed by atoms with Crippen molar-refractivity contribution in [1.29, 1.82) is 0 Å². The Morgan fingerprint density at radius 3 is 2.28 bits per heavy atom. The van der Waals surface area contributed by atoms with Crippen molar-refractivity contribution in [2.75, 3.05) is 18.1 Å². The third-order valence-corrected chi connectivity index (χ3v) is 5.77. The molecular weight excluding hydrogens is 501 g/mol. The monoisotopic (exact) mass is 519 g/mol. The van der Waals surface area contributed by atoms with Gasteiger partial charge in [-0.1, -0.05) is 18.2 Å². The van der Waals surface area contributed by atoms with Gasteiger partial charge in [0.2, 0.25) is 10.0 Å². The van der Waals surface area contributed by atoms with Crippen molar-refractivity contribution in [3.63, 3.8) is 0 Å². The maximum absolute atomic E-state index is 11.5. The predicted molar refractivity (Wildman–Crippen MR) is 125 cm³/mol. The minimum Gasteiger partial charge on any atom is -0.495 e. The molecule has 0 saturated heterocycles. The second-order valence-corrected chi connectivity index (χ2v) is 9.69. The summed E-state index contributed by atoms with van der Waals surface area (Å²) in [6, 6.07) is 17.6. The lowest BCUT2D eigenvalue weighted by atomic mass is 9.96. The Bertz CT molecular complexity index is 1300. The van der Waals surface area contributed by atoms with Crippen LogP contribution in [0.5, 0.6) is 5.75 Å². The van der Waals surface area contributed by atoms with Crippen LogP contribution in [0.1, 0.15) is 0 Å². The summed E-state index contributed by atoms with van der Waals surface area (Å²) in [6.45, 7) is 0. The lowest BCUT2D eigenvalue weighted by Crippen LogP contribution is -2.09. The Kier molecular flexibility index (Phi) is 5.26. The van der Waals surface area contributed by atoms with E-state index >= 15 is 0 Å². The molecule has 0 atom stereocenters. The fourth-order valence-electron chi connectivity index (χ4n) is 3.35. The van der Waals surface area contributed by atoms with Crippen molar-refractivity contribution in [3.8, 4) is 28.0 Å². The first kappa shape index (κ1) is 19.8. The second-order valence-electron chi connectivity index (χ2n) is 6.70. The average molecular weight is 519 g/mol. The zero-order valence-corrected chi connectivity index (χ0v) is 18.7. The minimum absolute atomic E-state index is 0.543. The molecule has 0 aliphatic carbocycles. The lowest BCUT2D eigenvalue weighted by molar-refractivity contribution is 0.418. The van der Waals surface area contributed by atoms with Crippen LogP contribution in [0.25, 0.3) is 33.0 Å². The third-order valence-electron chi connectivity index (χ3n) is 4.54. The molecule has 0 saturated carbocycles. The molecule has 4 aromatic rings. The first-order valence-corrected chi connectivity index (χ1v) is 11.7. The van der Waals surface area contributed by atoms with Gasteiger partial charge in [-0.15, -0.1) is 0 Å². The van der Waals surface area contributed by atoms with Crippen LogP contribution in [0.4, 0.5) is 5.69 Å². The van der Waals surface area contributed by atoms with Gasteiger partial charge < -0.3 is 9.15 Å². The van der Waals surface area contributed by atoms with Crippen molar-refractivity contribution in [1.82, 2.24) is 0 Å². The predicted octanol–water partition coefficient (Wildman–Crippen LogP) is 5.75. The molecule has 0 aliphatic heterocycles. The number of anilines is 1. The van der Waals surface area contributed by atoms with Gasteiger partial charge in [-0.2, -0.15) is 0 Å². The van der Waals surface area contributed by atoms with E-state index in [-0.39, 0.29) is 0 Å². The van der Waals surface area contributed by atoms with E-state index in [9.17, 15) is 8.42 Å². The van der Waals surface area contributed by atoms with Gasteiger partial charge in [0.05, 0.1) is 25.9 Å². The van der Waals surface area contributed by atoms with E-state index in [1.807, 2.05) is 30.3 Å². The summed E-state index contributed by atoms with van der Waals surface area (Å²) in [6.07, 6.45) is 4.49. The van der Waals surface area contributed by atoms with E-state index in [1.165, 1.54) is 0 Å². The Hall–Kier alpha value is -2.52. The Labute approximate surface area is 182 Å². The van der Waals surface area contributed by atoms with Gasteiger partial charge in [-0.3, -0.25) is 4.72 Å². The molecule has 29 heavy (non-hydrogen) atoms. The van der Waals surface area contributed by atoms with Crippen LogP contribution < -0.4 is 9.46 Å². The van der Waals surface area contributed by atoms with Crippen molar-refractivity contribution >= 4 is 49.1 Å². The molecule has 0 bridgehead atoms. The molecule has 148 valence electrons. The first-order chi connectivity index (χ1) is 13.8. The molecular formula is C22H18INO4S. The van der Waals surface area contributed by atoms with E-state index in [0.29, 0.717) is 5.69 Å². The number of benzene rings is 3. The molecule has 0 aliphatic rings. The number of nitrogens with one attached hydrogen (secondary N) is 1. The maximum atomic E-state index is 11.5. The Morgan fingerprint density at radius 1 is 0.931 bits per heavy atom. The molecule has 1 heterocycles. The fourth-order valence-corrected chi connectivity index (χ4v) is 4.53. The van der Waals surface area contributed by atoms with Crippen LogP contribution in [0.15, 0.2) is 71.5 Å². The van der Waals surface area contributed by atoms with Gasteiger partial charge in [-0.25, -0.2) is 8.42 Å². The number of furan rings is 1. The van der Waals surface area contributed by atoms with E-state index in [1.54, 1.807) is 25.7 Å². The smallest absolute Gasteiger partial charge is 0.229 e. The molecule has 0 unspecified atom stereocenters. The molecule has 0 radical (unpaired) electrons. The zero-order valence-electron chi connectivity index (χ0n) is 15.8. The summed E-state index contributed by atoms with van der Waals surface area (Å²) >= 11 is 2.30. The molecule has 4 rings (SSSR count).